The average molecular weight is 275 g/mol. The van der Waals surface area contributed by atoms with Crippen molar-refractivity contribution in [3.8, 4) is 0 Å². The van der Waals surface area contributed by atoms with Crippen molar-refractivity contribution in [3.63, 3.8) is 0 Å². The van der Waals surface area contributed by atoms with Gasteiger partial charge in [-0.15, -0.1) is 0 Å². The Balaban J connectivity index is 2.21. The molecule has 0 bridgehead atoms. The van der Waals surface area contributed by atoms with E-state index in [4.69, 9.17) is 0 Å². The van der Waals surface area contributed by atoms with Crippen molar-refractivity contribution in [1.29, 1.82) is 0 Å². The second kappa shape index (κ2) is 5.49. The van der Waals surface area contributed by atoms with Gasteiger partial charge >= 0.3 is 0 Å². The van der Waals surface area contributed by atoms with Gasteiger partial charge in [-0.3, -0.25) is 0 Å². The molecule has 2 atom stereocenters. The minimum absolute atomic E-state index is 0.0506. The first-order valence-corrected chi connectivity index (χ1v) is 6.48. The highest BCUT2D eigenvalue weighted by Gasteiger charge is 2.34. The van der Waals surface area contributed by atoms with Crippen LogP contribution in [0.15, 0.2) is 12.1 Å². The van der Waals surface area contributed by atoms with Crippen LogP contribution in [0.4, 0.5) is 17.6 Å². The number of halogens is 4. The molecule has 0 spiro atoms. The molecule has 0 saturated carbocycles. The normalized spacial score (nSPS) is 23.1. The van der Waals surface area contributed by atoms with Crippen LogP contribution in [0.2, 0.25) is 0 Å². The van der Waals surface area contributed by atoms with Gasteiger partial charge in [0.25, 0.3) is 0 Å². The van der Waals surface area contributed by atoms with E-state index >= 15 is 0 Å². The molecule has 1 N–H and O–H groups in total. The lowest BCUT2D eigenvalue weighted by molar-refractivity contribution is 0.139. The number of hydrogen-bond acceptors (Lipinski definition) is 1. The van der Waals surface area contributed by atoms with Crippen molar-refractivity contribution >= 4 is 0 Å². The highest BCUT2D eigenvalue weighted by atomic mass is 19.2. The Morgan fingerprint density at radius 3 is 2.58 bits per heavy atom. The Bertz CT molecular complexity index is 453. The van der Waals surface area contributed by atoms with Crippen molar-refractivity contribution in [1.82, 2.24) is 5.32 Å². The summed E-state index contributed by atoms with van der Waals surface area (Å²) in [6, 6.07) is 1.69. The zero-order valence-corrected chi connectivity index (χ0v) is 10.8. The molecular weight excluding hydrogens is 258 g/mol. The van der Waals surface area contributed by atoms with Crippen molar-refractivity contribution in [2.75, 3.05) is 6.54 Å². The molecule has 1 aliphatic heterocycles. The van der Waals surface area contributed by atoms with Crippen molar-refractivity contribution in [2.24, 2.45) is 0 Å². The maximum atomic E-state index is 14.6. The van der Waals surface area contributed by atoms with Crippen molar-refractivity contribution < 1.29 is 17.6 Å². The number of rotatable bonds is 3. The summed E-state index contributed by atoms with van der Waals surface area (Å²) in [5, 5.41) is 3.16. The summed E-state index contributed by atoms with van der Waals surface area (Å²) in [5.41, 5.74) is -2.44. The van der Waals surface area contributed by atoms with E-state index in [9.17, 15) is 17.6 Å². The van der Waals surface area contributed by atoms with E-state index in [1.807, 2.05) is 0 Å². The van der Waals surface area contributed by atoms with E-state index in [1.54, 1.807) is 0 Å². The van der Waals surface area contributed by atoms with Gasteiger partial charge in [0, 0.05) is 18.0 Å². The lowest BCUT2D eigenvalue weighted by atomic mass is 9.87. The predicted molar refractivity (Wildman–Crippen MR) is 65.0 cm³/mol. The molecule has 19 heavy (non-hydrogen) atoms. The molecule has 1 saturated heterocycles. The van der Waals surface area contributed by atoms with E-state index in [1.165, 1.54) is 6.92 Å². The lowest BCUT2D eigenvalue weighted by Crippen LogP contribution is -2.38. The number of nitrogens with one attached hydrogen (secondary N) is 1. The number of alkyl halides is 1. The summed E-state index contributed by atoms with van der Waals surface area (Å²) in [6.45, 7) is 2.01. The SMILES string of the molecule is CC(F)(CC1CCCCN1)c1ccc(F)c(F)c1F. The first-order valence-electron chi connectivity index (χ1n) is 6.48. The van der Waals surface area contributed by atoms with Gasteiger partial charge in [0.2, 0.25) is 0 Å². The van der Waals surface area contributed by atoms with Gasteiger partial charge in [0.05, 0.1) is 0 Å². The third kappa shape index (κ3) is 3.08. The Kier molecular flexibility index (Phi) is 4.13. The molecule has 2 rings (SSSR count). The summed E-state index contributed by atoms with van der Waals surface area (Å²) in [7, 11) is 0. The van der Waals surface area contributed by atoms with E-state index in [2.05, 4.69) is 5.32 Å². The highest BCUT2D eigenvalue weighted by Crippen LogP contribution is 2.35. The third-order valence-electron chi connectivity index (χ3n) is 3.64. The summed E-state index contributed by atoms with van der Waals surface area (Å²) in [6.07, 6.45) is 2.90. The zero-order chi connectivity index (χ0) is 14.0. The van der Waals surface area contributed by atoms with Gasteiger partial charge in [-0.25, -0.2) is 17.6 Å². The lowest BCUT2D eigenvalue weighted by Gasteiger charge is -2.30. The molecule has 0 radical (unpaired) electrons. The highest BCUT2D eigenvalue weighted by molar-refractivity contribution is 5.26. The van der Waals surface area contributed by atoms with E-state index in [0.29, 0.717) is 0 Å². The number of piperidine rings is 1. The molecule has 0 amide bonds. The fraction of sp³-hybridized carbons (Fsp3) is 0.571. The van der Waals surface area contributed by atoms with Crippen LogP contribution in [-0.2, 0) is 5.67 Å². The standard InChI is InChI=1S/C14H17F4N/c1-14(18,8-9-4-2-3-7-19-9)10-5-6-11(15)13(17)12(10)16/h5-6,9,19H,2-4,7-8H2,1H3. The third-order valence-corrected chi connectivity index (χ3v) is 3.64. The quantitative estimate of drug-likeness (QED) is 0.653. The molecular formula is C14H17F4N. The number of hydrogen-bond donors (Lipinski definition) is 1. The number of benzene rings is 1. The Hall–Kier alpha value is -1.10. The molecule has 1 aromatic rings. The molecule has 1 aromatic carbocycles. The molecule has 0 aliphatic carbocycles. The molecule has 1 heterocycles. The topological polar surface area (TPSA) is 12.0 Å². The summed E-state index contributed by atoms with van der Waals surface area (Å²) in [5.74, 6) is -4.34. The van der Waals surface area contributed by atoms with Gasteiger partial charge in [-0.2, -0.15) is 0 Å². The fourth-order valence-electron chi connectivity index (χ4n) is 2.60. The molecule has 2 unspecified atom stereocenters. The Labute approximate surface area is 110 Å². The van der Waals surface area contributed by atoms with Crippen LogP contribution in [0.5, 0.6) is 0 Å². The van der Waals surface area contributed by atoms with Crippen LogP contribution in [-0.4, -0.2) is 12.6 Å². The second-order valence-corrected chi connectivity index (χ2v) is 5.27. The molecule has 1 aliphatic rings. The van der Waals surface area contributed by atoms with Crippen LogP contribution >= 0.6 is 0 Å². The van der Waals surface area contributed by atoms with Gasteiger partial charge in [0.1, 0.15) is 5.67 Å². The van der Waals surface area contributed by atoms with Crippen molar-refractivity contribution in [3.05, 3.63) is 35.1 Å². The largest absolute Gasteiger partial charge is 0.314 e. The van der Waals surface area contributed by atoms with Gasteiger partial charge in [0.15, 0.2) is 17.5 Å². The zero-order valence-electron chi connectivity index (χ0n) is 10.8. The van der Waals surface area contributed by atoms with Crippen LogP contribution in [0.3, 0.4) is 0 Å². The van der Waals surface area contributed by atoms with Crippen molar-refractivity contribution in [2.45, 2.75) is 44.3 Å². The Morgan fingerprint density at radius 2 is 1.95 bits per heavy atom. The van der Waals surface area contributed by atoms with Crippen LogP contribution in [0.1, 0.15) is 38.2 Å². The van der Waals surface area contributed by atoms with E-state index in [-0.39, 0.29) is 12.5 Å². The van der Waals surface area contributed by atoms with Gasteiger partial charge < -0.3 is 5.32 Å². The predicted octanol–water partition coefficient (Wildman–Crippen LogP) is 3.82. The summed E-state index contributed by atoms with van der Waals surface area (Å²) in [4.78, 5) is 0. The minimum Gasteiger partial charge on any atom is -0.314 e. The first kappa shape index (κ1) is 14.3. The average Bonchev–Trinajstić information content (AvgIpc) is 2.36. The van der Waals surface area contributed by atoms with Crippen LogP contribution in [0, 0.1) is 17.5 Å². The molecule has 1 nitrogen and oxygen atoms in total. The minimum atomic E-state index is -2.02. The van der Waals surface area contributed by atoms with Gasteiger partial charge in [-0.1, -0.05) is 6.42 Å². The maximum absolute atomic E-state index is 14.6. The summed E-state index contributed by atoms with van der Waals surface area (Å²) >= 11 is 0. The molecule has 106 valence electrons. The van der Waals surface area contributed by atoms with Crippen LogP contribution in [0.25, 0.3) is 0 Å². The smallest absolute Gasteiger partial charge is 0.194 e. The second-order valence-electron chi connectivity index (χ2n) is 5.27. The van der Waals surface area contributed by atoms with Gasteiger partial charge in [-0.05, 0) is 38.4 Å². The monoisotopic (exact) mass is 275 g/mol. The molecule has 5 heteroatoms. The maximum Gasteiger partial charge on any atom is 0.194 e. The van der Waals surface area contributed by atoms with E-state index in [0.717, 1.165) is 37.9 Å². The molecule has 0 aromatic heterocycles. The fourth-order valence-corrected chi connectivity index (χ4v) is 2.60. The first-order chi connectivity index (χ1) is 8.92. The van der Waals surface area contributed by atoms with Crippen LogP contribution < -0.4 is 5.32 Å². The van der Waals surface area contributed by atoms with E-state index < -0.39 is 28.7 Å². The summed E-state index contributed by atoms with van der Waals surface area (Å²) < 4.78 is 54.3. The Morgan fingerprint density at radius 1 is 1.21 bits per heavy atom. The molecule has 1 fully saturated rings.